The molecule has 1 aliphatic carbocycles. The number of hydrogen-bond acceptors (Lipinski definition) is 5. The second-order valence-corrected chi connectivity index (χ2v) is 6.58. The monoisotopic (exact) mass is 327 g/mol. The summed E-state index contributed by atoms with van der Waals surface area (Å²) in [5.74, 6) is 2.29. The van der Waals surface area contributed by atoms with Crippen molar-refractivity contribution in [1.82, 2.24) is 15.5 Å². The first-order chi connectivity index (χ1) is 11.8. The van der Waals surface area contributed by atoms with Crippen LogP contribution in [0.1, 0.15) is 47.8 Å². The molecule has 0 spiro atoms. The third-order valence-corrected chi connectivity index (χ3v) is 4.64. The van der Waals surface area contributed by atoms with Crippen molar-refractivity contribution in [2.45, 2.75) is 31.6 Å². The topological polar surface area (TPSA) is 77.2 Å². The third kappa shape index (κ3) is 3.48. The Bertz CT molecular complexity index is 701. The number of nitrogens with zero attached hydrogens (tertiary/aromatic N) is 2. The van der Waals surface area contributed by atoms with Crippen molar-refractivity contribution in [3.63, 3.8) is 0 Å². The van der Waals surface area contributed by atoms with Crippen LogP contribution in [0.15, 0.2) is 28.8 Å². The fraction of sp³-hybridized carbons (Fsp3) is 0.500. The smallest absolute Gasteiger partial charge is 0.251 e. The van der Waals surface area contributed by atoms with Gasteiger partial charge in [-0.05, 0) is 43.7 Å². The summed E-state index contributed by atoms with van der Waals surface area (Å²) in [6.45, 7) is 2.35. The lowest BCUT2D eigenvalue weighted by Gasteiger charge is -2.09. The second-order valence-electron chi connectivity index (χ2n) is 6.58. The predicted octanol–water partition coefficient (Wildman–Crippen LogP) is 2.77. The van der Waals surface area contributed by atoms with Gasteiger partial charge >= 0.3 is 0 Å². The van der Waals surface area contributed by atoms with Crippen LogP contribution in [-0.4, -0.2) is 35.8 Å². The van der Waals surface area contributed by atoms with Crippen molar-refractivity contribution in [3.05, 3.63) is 35.7 Å². The standard InChI is InChI=1S/C18H21N3O3/c22-17(19-9-7-12-8-10-23-11-12)14-3-1-13(2-4-14)16-20-18(24-21-16)15-5-6-15/h1-4,12,15H,5-11H2,(H,19,22)/t12-/m1/s1. The molecule has 1 N–H and O–H groups in total. The molecule has 2 aliphatic rings. The molecule has 4 rings (SSSR count). The molecule has 24 heavy (non-hydrogen) atoms. The second kappa shape index (κ2) is 6.73. The number of aromatic nitrogens is 2. The van der Waals surface area contributed by atoms with Gasteiger partial charge in [0.25, 0.3) is 5.91 Å². The molecule has 2 heterocycles. The fourth-order valence-corrected chi connectivity index (χ4v) is 2.92. The van der Waals surface area contributed by atoms with Gasteiger partial charge in [-0.3, -0.25) is 4.79 Å². The zero-order valence-corrected chi connectivity index (χ0v) is 13.5. The molecule has 0 radical (unpaired) electrons. The first-order valence-electron chi connectivity index (χ1n) is 8.59. The van der Waals surface area contributed by atoms with Crippen molar-refractivity contribution < 1.29 is 14.1 Å². The van der Waals surface area contributed by atoms with Crippen LogP contribution in [0.2, 0.25) is 0 Å². The highest BCUT2D eigenvalue weighted by atomic mass is 16.5. The first kappa shape index (κ1) is 15.3. The number of ether oxygens (including phenoxy) is 1. The lowest BCUT2D eigenvalue weighted by molar-refractivity contribution is 0.0950. The molecule has 2 fully saturated rings. The summed E-state index contributed by atoms with van der Waals surface area (Å²) in [6.07, 6.45) is 4.33. The lowest BCUT2D eigenvalue weighted by Crippen LogP contribution is -2.26. The molecule has 1 atom stereocenters. The summed E-state index contributed by atoms with van der Waals surface area (Å²) < 4.78 is 10.6. The van der Waals surface area contributed by atoms with Crippen molar-refractivity contribution in [2.24, 2.45) is 5.92 Å². The van der Waals surface area contributed by atoms with Gasteiger partial charge in [0.1, 0.15) is 0 Å². The number of nitrogens with one attached hydrogen (secondary N) is 1. The molecule has 1 aromatic heterocycles. The van der Waals surface area contributed by atoms with E-state index in [0.29, 0.717) is 29.8 Å². The maximum Gasteiger partial charge on any atom is 0.251 e. The molecule has 1 amide bonds. The summed E-state index contributed by atoms with van der Waals surface area (Å²) in [5, 5.41) is 6.99. The molecular weight excluding hydrogens is 306 g/mol. The highest BCUT2D eigenvalue weighted by Crippen LogP contribution is 2.39. The van der Waals surface area contributed by atoms with Gasteiger partial charge in [0.05, 0.1) is 0 Å². The van der Waals surface area contributed by atoms with Gasteiger partial charge in [-0.15, -0.1) is 0 Å². The number of amides is 1. The zero-order chi connectivity index (χ0) is 16.4. The number of carbonyl (C=O) groups is 1. The molecule has 0 bridgehead atoms. The van der Waals surface area contributed by atoms with Gasteiger partial charge in [-0.25, -0.2) is 0 Å². The van der Waals surface area contributed by atoms with Gasteiger partial charge in [-0.1, -0.05) is 17.3 Å². The predicted molar refractivity (Wildman–Crippen MR) is 87.6 cm³/mol. The average Bonchev–Trinajstić information content (AvgIpc) is 3.12. The van der Waals surface area contributed by atoms with E-state index in [-0.39, 0.29) is 5.91 Å². The van der Waals surface area contributed by atoms with E-state index >= 15 is 0 Å². The van der Waals surface area contributed by atoms with Crippen LogP contribution in [0.4, 0.5) is 0 Å². The van der Waals surface area contributed by atoms with Crippen LogP contribution >= 0.6 is 0 Å². The quantitative estimate of drug-likeness (QED) is 0.883. The van der Waals surface area contributed by atoms with Gasteiger partial charge in [0.15, 0.2) is 0 Å². The molecule has 6 heteroatoms. The molecule has 126 valence electrons. The molecule has 1 aliphatic heterocycles. The van der Waals surface area contributed by atoms with E-state index in [4.69, 9.17) is 9.26 Å². The Morgan fingerprint density at radius 2 is 2.04 bits per heavy atom. The van der Waals surface area contributed by atoms with Crippen molar-refractivity contribution in [2.75, 3.05) is 19.8 Å². The minimum atomic E-state index is -0.0488. The fourth-order valence-electron chi connectivity index (χ4n) is 2.92. The Hall–Kier alpha value is -2.21. The largest absolute Gasteiger partial charge is 0.381 e. The van der Waals surface area contributed by atoms with Crippen LogP contribution in [0, 0.1) is 5.92 Å². The Labute approximate surface area is 140 Å². The molecule has 0 unspecified atom stereocenters. The molecule has 1 aromatic carbocycles. The summed E-state index contributed by atoms with van der Waals surface area (Å²) in [5.41, 5.74) is 1.51. The van der Waals surface area contributed by atoms with Crippen molar-refractivity contribution in [1.29, 1.82) is 0 Å². The SMILES string of the molecule is O=C(NCC[C@@H]1CCOC1)c1ccc(-c2noc(C3CC3)n2)cc1. The van der Waals surface area contributed by atoms with E-state index in [1.165, 1.54) is 0 Å². The highest BCUT2D eigenvalue weighted by molar-refractivity contribution is 5.94. The number of hydrogen-bond donors (Lipinski definition) is 1. The summed E-state index contributed by atoms with van der Waals surface area (Å²) in [4.78, 5) is 16.6. The Kier molecular flexibility index (Phi) is 4.30. The van der Waals surface area contributed by atoms with Gasteiger partial charge in [0, 0.05) is 36.8 Å². The van der Waals surface area contributed by atoms with E-state index in [1.54, 1.807) is 12.1 Å². The highest BCUT2D eigenvalue weighted by Gasteiger charge is 2.29. The molecule has 2 aromatic rings. The summed E-state index contributed by atoms with van der Waals surface area (Å²) in [6, 6.07) is 7.33. The van der Waals surface area contributed by atoms with Crippen molar-refractivity contribution in [3.8, 4) is 11.4 Å². The minimum Gasteiger partial charge on any atom is -0.381 e. The van der Waals surface area contributed by atoms with Crippen LogP contribution in [0.5, 0.6) is 0 Å². The average molecular weight is 327 g/mol. The number of rotatable bonds is 6. The zero-order valence-electron chi connectivity index (χ0n) is 13.5. The van der Waals surface area contributed by atoms with Gasteiger partial charge in [-0.2, -0.15) is 4.98 Å². The van der Waals surface area contributed by atoms with Gasteiger partial charge < -0.3 is 14.6 Å². The van der Waals surface area contributed by atoms with E-state index in [1.807, 2.05) is 12.1 Å². The lowest BCUT2D eigenvalue weighted by atomic mass is 10.1. The summed E-state index contributed by atoms with van der Waals surface area (Å²) in [7, 11) is 0. The molecule has 1 saturated carbocycles. The van der Waals surface area contributed by atoms with E-state index in [2.05, 4.69) is 15.5 Å². The third-order valence-electron chi connectivity index (χ3n) is 4.64. The number of carbonyl (C=O) groups excluding carboxylic acids is 1. The number of benzene rings is 1. The Balaban J connectivity index is 1.33. The first-order valence-corrected chi connectivity index (χ1v) is 8.59. The summed E-state index contributed by atoms with van der Waals surface area (Å²) >= 11 is 0. The van der Waals surface area contributed by atoms with E-state index < -0.39 is 0 Å². The van der Waals surface area contributed by atoms with Crippen LogP contribution in [-0.2, 0) is 4.74 Å². The van der Waals surface area contributed by atoms with E-state index in [0.717, 1.165) is 50.4 Å². The van der Waals surface area contributed by atoms with Crippen LogP contribution in [0.3, 0.4) is 0 Å². The molecular formula is C18H21N3O3. The maximum absolute atomic E-state index is 12.2. The minimum absolute atomic E-state index is 0.0488. The maximum atomic E-state index is 12.2. The van der Waals surface area contributed by atoms with Gasteiger partial charge in [0.2, 0.25) is 11.7 Å². The van der Waals surface area contributed by atoms with E-state index in [9.17, 15) is 4.79 Å². The van der Waals surface area contributed by atoms with Crippen LogP contribution < -0.4 is 5.32 Å². The normalized spacial score (nSPS) is 20.2. The van der Waals surface area contributed by atoms with Crippen LogP contribution in [0.25, 0.3) is 11.4 Å². The molecule has 1 saturated heterocycles. The Morgan fingerprint density at radius 1 is 1.21 bits per heavy atom. The van der Waals surface area contributed by atoms with Crippen molar-refractivity contribution >= 4 is 5.91 Å². The molecule has 6 nitrogen and oxygen atoms in total. The Morgan fingerprint density at radius 3 is 2.75 bits per heavy atom.